The molecule has 90 valence electrons. The average Bonchev–Trinajstić information content (AvgIpc) is 2.58. The first-order chi connectivity index (χ1) is 8.06. The average molecular weight is 247 g/mol. The van der Waals surface area contributed by atoms with Crippen LogP contribution in [-0.4, -0.2) is 10.1 Å². The van der Waals surface area contributed by atoms with Crippen molar-refractivity contribution >= 4 is 11.3 Å². The second-order valence-corrected chi connectivity index (χ2v) is 5.67. The van der Waals surface area contributed by atoms with Gasteiger partial charge in [0.05, 0.1) is 16.8 Å². The summed E-state index contributed by atoms with van der Waals surface area (Å²) in [4.78, 5) is 5.69. The zero-order valence-corrected chi connectivity index (χ0v) is 11.2. The quantitative estimate of drug-likeness (QED) is 0.902. The van der Waals surface area contributed by atoms with Crippen molar-refractivity contribution in [2.24, 2.45) is 0 Å². The number of hydrogen-bond acceptors (Lipinski definition) is 3. The maximum absolute atomic E-state index is 10.2. The van der Waals surface area contributed by atoms with Crippen LogP contribution in [0.15, 0.2) is 24.3 Å². The van der Waals surface area contributed by atoms with Gasteiger partial charge in [0.1, 0.15) is 0 Å². The molecule has 1 unspecified atom stereocenters. The Bertz CT molecular complexity index is 499. The van der Waals surface area contributed by atoms with Crippen molar-refractivity contribution in [1.82, 2.24) is 4.98 Å². The van der Waals surface area contributed by atoms with E-state index in [9.17, 15) is 5.11 Å². The number of aliphatic hydroxyl groups excluding tert-OH is 1. The summed E-state index contributed by atoms with van der Waals surface area (Å²) in [5, 5.41) is 11.2. The summed E-state index contributed by atoms with van der Waals surface area (Å²) in [5.41, 5.74) is 3.21. The van der Waals surface area contributed by atoms with Crippen LogP contribution >= 0.6 is 11.3 Å². The van der Waals surface area contributed by atoms with E-state index in [1.807, 2.05) is 38.1 Å². The van der Waals surface area contributed by atoms with Crippen LogP contribution in [0.25, 0.3) is 0 Å². The number of nitrogens with zero attached hydrogens (tertiary/aromatic N) is 1. The monoisotopic (exact) mass is 247 g/mol. The number of thiazole rings is 1. The van der Waals surface area contributed by atoms with Crippen LogP contribution < -0.4 is 0 Å². The van der Waals surface area contributed by atoms with Gasteiger partial charge < -0.3 is 5.11 Å². The molecule has 0 bridgehead atoms. The van der Waals surface area contributed by atoms with E-state index >= 15 is 0 Å². The lowest BCUT2D eigenvalue weighted by atomic mass is 10.0. The Morgan fingerprint density at radius 1 is 1.29 bits per heavy atom. The SMILES string of the molecule is Cc1cccc(C(O)Cc2nc(C)c(C)s2)c1. The molecule has 0 aliphatic heterocycles. The molecule has 0 amide bonds. The minimum Gasteiger partial charge on any atom is -0.388 e. The second-order valence-electron chi connectivity index (χ2n) is 4.38. The van der Waals surface area contributed by atoms with Crippen molar-refractivity contribution in [3.05, 3.63) is 51.0 Å². The van der Waals surface area contributed by atoms with Gasteiger partial charge in [0, 0.05) is 11.3 Å². The molecule has 1 atom stereocenters. The lowest BCUT2D eigenvalue weighted by Crippen LogP contribution is -2.01. The molecule has 0 spiro atoms. The van der Waals surface area contributed by atoms with E-state index in [4.69, 9.17) is 0 Å². The van der Waals surface area contributed by atoms with E-state index in [0.717, 1.165) is 16.3 Å². The van der Waals surface area contributed by atoms with Crippen LogP contribution in [0.5, 0.6) is 0 Å². The molecule has 0 saturated carbocycles. The summed E-state index contributed by atoms with van der Waals surface area (Å²) in [5.74, 6) is 0. The van der Waals surface area contributed by atoms with Gasteiger partial charge in [-0.25, -0.2) is 4.98 Å². The maximum Gasteiger partial charge on any atom is 0.0960 e. The normalized spacial score (nSPS) is 12.7. The van der Waals surface area contributed by atoms with Gasteiger partial charge in [-0.15, -0.1) is 11.3 Å². The maximum atomic E-state index is 10.2. The molecule has 3 heteroatoms. The largest absolute Gasteiger partial charge is 0.388 e. The minimum absolute atomic E-state index is 0.458. The molecule has 2 aromatic rings. The van der Waals surface area contributed by atoms with Gasteiger partial charge in [-0.3, -0.25) is 0 Å². The summed E-state index contributed by atoms with van der Waals surface area (Å²) in [6.07, 6.45) is 0.142. The van der Waals surface area contributed by atoms with Crippen molar-refractivity contribution in [1.29, 1.82) is 0 Å². The molecule has 2 rings (SSSR count). The molecule has 1 aromatic heterocycles. The Hall–Kier alpha value is -1.19. The summed E-state index contributed by atoms with van der Waals surface area (Å²) in [6.45, 7) is 6.11. The molecule has 0 radical (unpaired) electrons. The summed E-state index contributed by atoms with van der Waals surface area (Å²) in [7, 11) is 0. The van der Waals surface area contributed by atoms with Crippen LogP contribution in [0.2, 0.25) is 0 Å². The first kappa shape index (κ1) is 12.3. The van der Waals surface area contributed by atoms with Gasteiger partial charge in [-0.2, -0.15) is 0 Å². The Labute approximate surface area is 106 Å². The Kier molecular flexibility index (Phi) is 3.60. The third-order valence-electron chi connectivity index (χ3n) is 2.87. The van der Waals surface area contributed by atoms with E-state index in [1.54, 1.807) is 11.3 Å². The number of aromatic nitrogens is 1. The molecular weight excluding hydrogens is 230 g/mol. The summed E-state index contributed by atoms with van der Waals surface area (Å²) >= 11 is 1.67. The van der Waals surface area contributed by atoms with Crippen LogP contribution in [0.3, 0.4) is 0 Å². The number of benzene rings is 1. The Balaban J connectivity index is 2.14. The predicted molar refractivity (Wildman–Crippen MR) is 71.4 cm³/mol. The number of rotatable bonds is 3. The van der Waals surface area contributed by atoms with E-state index in [0.29, 0.717) is 6.42 Å². The predicted octanol–water partition coefficient (Wildman–Crippen LogP) is 3.34. The molecule has 0 aliphatic carbocycles. The highest BCUT2D eigenvalue weighted by atomic mass is 32.1. The third-order valence-corrected chi connectivity index (χ3v) is 3.96. The summed E-state index contributed by atoms with van der Waals surface area (Å²) in [6, 6.07) is 8.00. The van der Waals surface area contributed by atoms with Crippen LogP contribution in [0.4, 0.5) is 0 Å². The minimum atomic E-state index is -0.458. The fourth-order valence-corrected chi connectivity index (χ4v) is 2.76. The van der Waals surface area contributed by atoms with Gasteiger partial charge in [0.15, 0.2) is 0 Å². The molecule has 2 nitrogen and oxygen atoms in total. The molecule has 1 N–H and O–H groups in total. The van der Waals surface area contributed by atoms with Crippen LogP contribution in [0, 0.1) is 20.8 Å². The molecule has 0 saturated heterocycles. The molecule has 1 aromatic carbocycles. The molecule has 1 heterocycles. The highest BCUT2D eigenvalue weighted by Gasteiger charge is 2.12. The van der Waals surface area contributed by atoms with Crippen molar-refractivity contribution in [3.63, 3.8) is 0 Å². The van der Waals surface area contributed by atoms with E-state index in [2.05, 4.69) is 11.9 Å². The standard InChI is InChI=1S/C14H17NOS/c1-9-5-4-6-12(7-9)13(16)8-14-15-10(2)11(3)17-14/h4-7,13,16H,8H2,1-3H3. The number of hydrogen-bond donors (Lipinski definition) is 1. The highest BCUT2D eigenvalue weighted by Crippen LogP contribution is 2.23. The number of aliphatic hydroxyl groups is 1. The second kappa shape index (κ2) is 4.98. The zero-order valence-electron chi connectivity index (χ0n) is 10.4. The van der Waals surface area contributed by atoms with Gasteiger partial charge >= 0.3 is 0 Å². The fraction of sp³-hybridized carbons (Fsp3) is 0.357. The lowest BCUT2D eigenvalue weighted by Gasteiger charge is -2.09. The van der Waals surface area contributed by atoms with Gasteiger partial charge in [0.25, 0.3) is 0 Å². The Morgan fingerprint density at radius 3 is 2.65 bits per heavy atom. The topological polar surface area (TPSA) is 33.1 Å². The highest BCUT2D eigenvalue weighted by molar-refractivity contribution is 7.11. The van der Waals surface area contributed by atoms with E-state index in [1.165, 1.54) is 10.4 Å². The van der Waals surface area contributed by atoms with Crippen molar-refractivity contribution in [2.45, 2.75) is 33.3 Å². The van der Waals surface area contributed by atoms with Gasteiger partial charge in [-0.05, 0) is 26.3 Å². The molecule has 0 aliphatic rings. The van der Waals surface area contributed by atoms with Crippen molar-refractivity contribution in [2.75, 3.05) is 0 Å². The molecule has 0 fully saturated rings. The number of aryl methyl sites for hydroxylation is 3. The zero-order chi connectivity index (χ0) is 12.4. The van der Waals surface area contributed by atoms with Gasteiger partial charge in [0.2, 0.25) is 0 Å². The van der Waals surface area contributed by atoms with E-state index < -0.39 is 6.10 Å². The molecule has 17 heavy (non-hydrogen) atoms. The third kappa shape index (κ3) is 2.93. The fourth-order valence-electron chi connectivity index (χ4n) is 1.79. The van der Waals surface area contributed by atoms with Crippen LogP contribution in [-0.2, 0) is 6.42 Å². The van der Waals surface area contributed by atoms with Crippen LogP contribution in [0.1, 0.15) is 32.8 Å². The van der Waals surface area contributed by atoms with Crippen molar-refractivity contribution < 1.29 is 5.11 Å². The van der Waals surface area contributed by atoms with Crippen molar-refractivity contribution in [3.8, 4) is 0 Å². The molecular formula is C14H17NOS. The first-order valence-electron chi connectivity index (χ1n) is 5.74. The lowest BCUT2D eigenvalue weighted by molar-refractivity contribution is 0.178. The van der Waals surface area contributed by atoms with E-state index in [-0.39, 0.29) is 0 Å². The smallest absolute Gasteiger partial charge is 0.0960 e. The first-order valence-corrected chi connectivity index (χ1v) is 6.55. The summed E-state index contributed by atoms with van der Waals surface area (Å²) < 4.78 is 0. The Morgan fingerprint density at radius 2 is 2.06 bits per heavy atom. The van der Waals surface area contributed by atoms with Gasteiger partial charge in [-0.1, -0.05) is 29.8 Å².